The largest absolute Gasteiger partial charge is 0.491 e. The van der Waals surface area contributed by atoms with Gasteiger partial charge < -0.3 is 19.7 Å². The number of ether oxygens (including phenoxy) is 2. The van der Waals surface area contributed by atoms with Crippen molar-refractivity contribution < 1.29 is 32.9 Å². The summed E-state index contributed by atoms with van der Waals surface area (Å²) in [5.74, 6) is 2.51. The third-order valence-corrected chi connectivity index (χ3v) is 12.9. The van der Waals surface area contributed by atoms with Crippen LogP contribution in [-0.2, 0) is 14.8 Å². The topological polar surface area (TPSA) is 122 Å². The molecule has 1 aromatic rings. The molecule has 10 atom stereocenters. The molecule has 0 aliphatic heterocycles. The number of fused-ring (bicyclic) bond motifs is 5. The molecule has 8 nitrogen and oxygen atoms in total. The number of aliphatic hydroxyl groups is 2. The summed E-state index contributed by atoms with van der Waals surface area (Å²) in [7, 11) is -4.06. The lowest BCUT2D eigenvalue weighted by atomic mass is 9.43. The fraction of sp³-hybridized carbons (Fsp3) is 0.781. The van der Waals surface area contributed by atoms with Gasteiger partial charge in [0.05, 0.1) is 29.8 Å². The number of hydrogen-bond donors (Lipinski definition) is 3. The van der Waals surface area contributed by atoms with Crippen LogP contribution < -0.4 is 9.46 Å². The normalized spacial score (nSPS) is 39.3. The number of hydrogen-bond acceptors (Lipinski definition) is 7. The Morgan fingerprint density at radius 2 is 1.63 bits per heavy atom. The number of sulfonamides is 1. The number of benzene rings is 1. The molecule has 0 radical (unpaired) electrons. The van der Waals surface area contributed by atoms with Crippen molar-refractivity contribution in [2.75, 3.05) is 6.61 Å². The molecule has 3 N–H and O–H groups in total. The van der Waals surface area contributed by atoms with Crippen LogP contribution in [0.2, 0.25) is 0 Å². The van der Waals surface area contributed by atoms with Crippen molar-refractivity contribution in [1.29, 1.82) is 0 Å². The summed E-state index contributed by atoms with van der Waals surface area (Å²) < 4.78 is 38.5. The van der Waals surface area contributed by atoms with Gasteiger partial charge in [-0.3, -0.25) is 0 Å². The van der Waals surface area contributed by atoms with Crippen LogP contribution in [0.15, 0.2) is 29.2 Å². The van der Waals surface area contributed by atoms with Gasteiger partial charge in [0.2, 0.25) is 0 Å². The average molecular weight is 592 g/mol. The van der Waals surface area contributed by atoms with Crippen LogP contribution in [0, 0.1) is 46.3 Å². The minimum absolute atomic E-state index is 0.0315. The second kappa shape index (κ2) is 11.3. The van der Waals surface area contributed by atoms with E-state index in [9.17, 15) is 23.4 Å². The Bertz CT molecular complexity index is 1200. The van der Waals surface area contributed by atoms with Crippen LogP contribution in [0.4, 0.5) is 4.79 Å². The standard InChI is InChI=1S/C32H49NO7S/c1-19(2)40-23-6-8-24(9-7-23)41(37,38)33-30(36)39-18-20(3)25-10-11-26-29-27(13-15-32(25,26)5)31(4)14-12-22(34)16-21(31)17-28(29)35/h6-9,19-22,25-29,34-35H,10-18H2,1-5H3,(H,33,36)/t20-,21+,22+,25-,26+,27+,28-,29+,31+,32-/m1/s1. The average Bonchev–Trinajstić information content (AvgIpc) is 3.25. The molecule has 1 aromatic carbocycles. The van der Waals surface area contributed by atoms with Crippen molar-refractivity contribution in [3.8, 4) is 5.75 Å². The maximum atomic E-state index is 12.7. The van der Waals surface area contributed by atoms with E-state index in [1.165, 1.54) is 12.1 Å². The van der Waals surface area contributed by atoms with Gasteiger partial charge >= 0.3 is 6.09 Å². The molecule has 0 unspecified atom stereocenters. The molecule has 9 heteroatoms. The van der Waals surface area contributed by atoms with Crippen molar-refractivity contribution in [2.45, 2.75) is 109 Å². The molecule has 4 aliphatic carbocycles. The molecule has 230 valence electrons. The second-order valence-electron chi connectivity index (χ2n) is 14.3. The molecule has 4 saturated carbocycles. The minimum atomic E-state index is -4.06. The Morgan fingerprint density at radius 3 is 2.32 bits per heavy atom. The summed E-state index contributed by atoms with van der Waals surface area (Å²) in [6.45, 7) is 10.8. The third kappa shape index (κ3) is 5.75. The Labute approximate surface area is 245 Å². The number of nitrogens with one attached hydrogen (secondary N) is 1. The van der Waals surface area contributed by atoms with E-state index in [0.29, 0.717) is 29.4 Å². The first-order chi connectivity index (χ1) is 19.2. The summed E-state index contributed by atoms with van der Waals surface area (Å²) >= 11 is 0. The van der Waals surface area contributed by atoms with Crippen molar-refractivity contribution >= 4 is 16.1 Å². The first-order valence-corrected chi connectivity index (χ1v) is 17.1. The van der Waals surface area contributed by atoms with Gasteiger partial charge in [-0.25, -0.2) is 17.9 Å². The predicted octanol–water partition coefficient (Wildman–Crippen LogP) is 5.52. The van der Waals surface area contributed by atoms with Gasteiger partial charge in [0.1, 0.15) is 5.75 Å². The summed E-state index contributed by atoms with van der Waals surface area (Å²) in [5.41, 5.74) is 0.229. The Kier molecular flexibility index (Phi) is 8.47. The minimum Gasteiger partial charge on any atom is -0.491 e. The zero-order chi connectivity index (χ0) is 29.7. The van der Waals surface area contributed by atoms with E-state index in [0.717, 1.165) is 51.4 Å². The first kappa shape index (κ1) is 30.6. The van der Waals surface area contributed by atoms with Crippen LogP contribution in [0.1, 0.15) is 86.0 Å². The van der Waals surface area contributed by atoms with Gasteiger partial charge in [-0.2, -0.15) is 0 Å². The van der Waals surface area contributed by atoms with Crippen LogP contribution in [0.25, 0.3) is 0 Å². The number of aliphatic hydroxyl groups excluding tert-OH is 2. The molecule has 5 rings (SSSR count). The monoisotopic (exact) mass is 591 g/mol. The van der Waals surface area contributed by atoms with Gasteiger partial charge in [0, 0.05) is 0 Å². The predicted molar refractivity (Wildman–Crippen MR) is 156 cm³/mol. The number of amides is 1. The van der Waals surface area contributed by atoms with Gasteiger partial charge in [0.25, 0.3) is 10.0 Å². The zero-order valence-electron chi connectivity index (χ0n) is 25.2. The summed E-state index contributed by atoms with van der Waals surface area (Å²) in [6, 6.07) is 5.94. The van der Waals surface area contributed by atoms with Crippen LogP contribution >= 0.6 is 0 Å². The molecule has 41 heavy (non-hydrogen) atoms. The summed E-state index contributed by atoms with van der Waals surface area (Å²) in [6.07, 6.45) is 6.18. The van der Waals surface area contributed by atoms with Gasteiger partial charge in [0.15, 0.2) is 0 Å². The van der Waals surface area contributed by atoms with Crippen LogP contribution in [-0.4, -0.2) is 49.6 Å². The van der Waals surface area contributed by atoms with E-state index in [2.05, 4.69) is 20.8 Å². The van der Waals surface area contributed by atoms with E-state index in [4.69, 9.17) is 9.47 Å². The van der Waals surface area contributed by atoms with Crippen molar-refractivity contribution in [2.24, 2.45) is 46.3 Å². The molecule has 0 saturated heterocycles. The smallest absolute Gasteiger partial charge is 0.421 e. The van der Waals surface area contributed by atoms with E-state index in [-0.39, 0.29) is 52.5 Å². The van der Waals surface area contributed by atoms with E-state index >= 15 is 0 Å². The highest BCUT2D eigenvalue weighted by Crippen LogP contribution is 2.68. The fourth-order valence-electron chi connectivity index (χ4n) is 9.67. The molecule has 0 heterocycles. The molecule has 1 amide bonds. The number of carbonyl (C=O) groups is 1. The molecule has 4 fully saturated rings. The number of carbonyl (C=O) groups excluding carboxylic acids is 1. The highest BCUT2D eigenvalue weighted by atomic mass is 32.2. The van der Waals surface area contributed by atoms with E-state index in [1.54, 1.807) is 12.1 Å². The fourth-order valence-corrected chi connectivity index (χ4v) is 10.6. The summed E-state index contributed by atoms with van der Waals surface area (Å²) in [5, 5.41) is 21.8. The molecule has 4 aliphatic rings. The van der Waals surface area contributed by atoms with Gasteiger partial charge in [-0.15, -0.1) is 0 Å². The first-order valence-electron chi connectivity index (χ1n) is 15.6. The van der Waals surface area contributed by atoms with Crippen molar-refractivity contribution in [3.05, 3.63) is 24.3 Å². The number of rotatable bonds is 7. The van der Waals surface area contributed by atoms with Crippen molar-refractivity contribution in [3.63, 3.8) is 0 Å². The molecule has 0 bridgehead atoms. The van der Waals surface area contributed by atoms with Crippen LogP contribution in [0.3, 0.4) is 0 Å². The Hall–Kier alpha value is -1.84. The van der Waals surface area contributed by atoms with Gasteiger partial charge in [-0.05, 0) is 136 Å². The van der Waals surface area contributed by atoms with E-state index in [1.807, 2.05) is 18.6 Å². The Morgan fingerprint density at radius 1 is 0.976 bits per heavy atom. The summed E-state index contributed by atoms with van der Waals surface area (Å²) in [4.78, 5) is 12.5. The van der Waals surface area contributed by atoms with Crippen LogP contribution in [0.5, 0.6) is 5.75 Å². The molecular formula is C32H49NO7S. The Balaban J connectivity index is 1.20. The lowest BCUT2D eigenvalue weighted by Gasteiger charge is -2.62. The highest BCUT2D eigenvalue weighted by molar-refractivity contribution is 7.90. The SMILES string of the molecule is CC(C)Oc1ccc(S(=O)(=O)NC(=O)OC[C@@H](C)[C@H]2CC[C@H]3[C@@H]4[C@H](O)C[C@@H]5C[C@@H](O)CC[C@]5(C)[C@H]4CC[C@]23C)cc1. The quantitative estimate of drug-likeness (QED) is 0.382. The molecule has 0 aromatic heterocycles. The zero-order valence-corrected chi connectivity index (χ0v) is 26.0. The maximum absolute atomic E-state index is 12.7. The highest BCUT2D eigenvalue weighted by Gasteiger charge is 2.62. The molecular weight excluding hydrogens is 542 g/mol. The van der Waals surface area contributed by atoms with Gasteiger partial charge in [-0.1, -0.05) is 20.8 Å². The van der Waals surface area contributed by atoms with E-state index < -0.39 is 16.1 Å². The second-order valence-corrected chi connectivity index (χ2v) is 16.0. The van der Waals surface area contributed by atoms with Crippen molar-refractivity contribution in [1.82, 2.24) is 4.72 Å². The molecule has 0 spiro atoms. The lowest BCUT2D eigenvalue weighted by Crippen LogP contribution is -2.58. The third-order valence-electron chi connectivity index (χ3n) is 11.6. The maximum Gasteiger partial charge on any atom is 0.421 e. The lowest BCUT2D eigenvalue weighted by molar-refractivity contribution is -0.174.